The molecule has 0 unspecified atom stereocenters. The van der Waals surface area contributed by atoms with Crippen LogP contribution in [0.1, 0.15) is 20.3 Å². The molecule has 15 heavy (non-hydrogen) atoms. The van der Waals surface area contributed by atoms with Gasteiger partial charge in [-0.05, 0) is 13.3 Å². The molecule has 0 heterocycles. The fourth-order valence-corrected chi connectivity index (χ4v) is 0.783. The van der Waals surface area contributed by atoms with Crippen LogP contribution in [0, 0.1) is 0 Å². The predicted molar refractivity (Wildman–Crippen MR) is 57.7 cm³/mol. The van der Waals surface area contributed by atoms with Gasteiger partial charge in [-0.3, -0.25) is 0 Å². The average Bonchev–Trinajstić information content (AvgIpc) is 2.21. The lowest BCUT2D eigenvalue weighted by atomic mass is 10.4. The Kier molecular flexibility index (Phi) is 9.11. The zero-order valence-corrected chi connectivity index (χ0v) is 9.58. The second kappa shape index (κ2) is 9.68. The molecule has 0 N–H and O–H groups in total. The molecule has 0 rings (SSSR count). The van der Waals surface area contributed by atoms with E-state index < -0.39 is 0 Å². The second-order valence-corrected chi connectivity index (χ2v) is 3.14. The third-order valence-corrected chi connectivity index (χ3v) is 1.53. The van der Waals surface area contributed by atoms with Crippen molar-refractivity contribution in [3.63, 3.8) is 0 Å². The highest BCUT2D eigenvalue weighted by Crippen LogP contribution is 1.91. The molecular formula is C11H20O4. The summed E-state index contributed by atoms with van der Waals surface area (Å²) in [6.07, 6.45) is 1.01. The van der Waals surface area contributed by atoms with E-state index in [1.807, 2.05) is 0 Å². The van der Waals surface area contributed by atoms with E-state index in [0.717, 1.165) is 13.0 Å². The van der Waals surface area contributed by atoms with E-state index in [4.69, 9.17) is 14.2 Å². The highest BCUT2D eigenvalue weighted by atomic mass is 16.6. The molecular weight excluding hydrogens is 196 g/mol. The molecule has 0 aliphatic carbocycles. The second-order valence-electron chi connectivity index (χ2n) is 3.14. The lowest BCUT2D eigenvalue weighted by Gasteiger charge is -2.06. The Morgan fingerprint density at radius 3 is 2.13 bits per heavy atom. The van der Waals surface area contributed by atoms with Gasteiger partial charge in [0.2, 0.25) is 0 Å². The van der Waals surface area contributed by atoms with E-state index in [0.29, 0.717) is 25.4 Å². The van der Waals surface area contributed by atoms with E-state index in [2.05, 4.69) is 13.5 Å². The first-order chi connectivity index (χ1) is 7.18. The molecule has 0 bridgehead atoms. The first-order valence-electron chi connectivity index (χ1n) is 5.16. The van der Waals surface area contributed by atoms with Gasteiger partial charge in [-0.1, -0.05) is 13.5 Å². The zero-order chi connectivity index (χ0) is 11.5. The number of hydrogen-bond donors (Lipinski definition) is 0. The highest BCUT2D eigenvalue weighted by Gasteiger charge is 2.01. The number of ether oxygens (including phenoxy) is 3. The fourth-order valence-electron chi connectivity index (χ4n) is 0.783. The van der Waals surface area contributed by atoms with Crippen molar-refractivity contribution in [1.82, 2.24) is 0 Å². The van der Waals surface area contributed by atoms with Gasteiger partial charge >= 0.3 is 5.97 Å². The average molecular weight is 216 g/mol. The molecule has 0 aliphatic rings. The molecule has 0 aliphatic heterocycles. The van der Waals surface area contributed by atoms with Crippen LogP contribution in [0.5, 0.6) is 0 Å². The lowest BCUT2D eigenvalue weighted by Crippen LogP contribution is -2.13. The molecule has 88 valence electrons. The van der Waals surface area contributed by atoms with Crippen LogP contribution in [0.3, 0.4) is 0 Å². The maximum absolute atomic E-state index is 10.9. The number of carbonyl (C=O) groups is 1. The SMILES string of the molecule is C=C(C)C(=O)OCCOCCOCCC. The van der Waals surface area contributed by atoms with Crippen molar-refractivity contribution < 1.29 is 19.0 Å². The van der Waals surface area contributed by atoms with Gasteiger partial charge < -0.3 is 14.2 Å². The van der Waals surface area contributed by atoms with Crippen molar-refractivity contribution >= 4 is 5.97 Å². The van der Waals surface area contributed by atoms with E-state index >= 15 is 0 Å². The molecule has 0 amide bonds. The van der Waals surface area contributed by atoms with Crippen molar-refractivity contribution in [3.05, 3.63) is 12.2 Å². The third-order valence-electron chi connectivity index (χ3n) is 1.53. The van der Waals surface area contributed by atoms with Crippen LogP contribution in [-0.2, 0) is 19.0 Å². The molecule has 0 aromatic heterocycles. The van der Waals surface area contributed by atoms with Crippen LogP contribution < -0.4 is 0 Å². The third kappa shape index (κ3) is 9.43. The molecule has 0 aromatic carbocycles. The molecule has 0 saturated heterocycles. The van der Waals surface area contributed by atoms with Gasteiger partial charge in [-0.15, -0.1) is 0 Å². The van der Waals surface area contributed by atoms with Crippen molar-refractivity contribution in [2.24, 2.45) is 0 Å². The van der Waals surface area contributed by atoms with Crippen LogP contribution in [0.4, 0.5) is 0 Å². The van der Waals surface area contributed by atoms with E-state index in [-0.39, 0.29) is 12.6 Å². The highest BCUT2D eigenvalue weighted by molar-refractivity contribution is 5.86. The number of rotatable bonds is 9. The summed E-state index contributed by atoms with van der Waals surface area (Å²) in [4.78, 5) is 10.9. The van der Waals surface area contributed by atoms with Gasteiger partial charge in [-0.25, -0.2) is 4.79 Å². The maximum atomic E-state index is 10.9. The summed E-state index contributed by atoms with van der Waals surface area (Å²) >= 11 is 0. The monoisotopic (exact) mass is 216 g/mol. The smallest absolute Gasteiger partial charge is 0.333 e. The zero-order valence-electron chi connectivity index (χ0n) is 9.58. The van der Waals surface area contributed by atoms with E-state index in [1.54, 1.807) is 6.92 Å². The predicted octanol–water partition coefficient (Wildman–Crippen LogP) is 1.55. The largest absolute Gasteiger partial charge is 0.460 e. The quantitative estimate of drug-likeness (QED) is 0.333. The number of hydrogen-bond acceptors (Lipinski definition) is 4. The van der Waals surface area contributed by atoms with Crippen LogP contribution in [-0.4, -0.2) is 39.0 Å². The summed E-state index contributed by atoms with van der Waals surface area (Å²) < 4.78 is 15.2. The van der Waals surface area contributed by atoms with Crippen molar-refractivity contribution in [2.45, 2.75) is 20.3 Å². The van der Waals surface area contributed by atoms with Gasteiger partial charge in [0.05, 0.1) is 19.8 Å². The van der Waals surface area contributed by atoms with Gasteiger partial charge in [0, 0.05) is 12.2 Å². The standard InChI is InChI=1S/C11H20O4/c1-4-5-13-6-7-14-8-9-15-11(12)10(2)3/h2,4-9H2,1,3H3. The van der Waals surface area contributed by atoms with Crippen LogP contribution >= 0.6 is 0 Å². The van der Waals surface area contributed by atoms with Crippen molar-refractivity contribution in [1.29, 1.82) is 0 Å². The minimum absolute atomic E-state index is 0.263. The molecule has 0 fully saturated rings. The molecule has 0 aromatic rings. The maximum Gasteiger partial charge on any atom is 0.333 e. The first-order valence-corrected chi connectivity index (χ1v) is 5.16. The van der Waals surface area contributed by atoms with Gasteiger partial charge in [0.25, 0.3) is 0 Å². The molecule has 0 saturated carbocycles. The minimum atomic E-state index is -0.374. The Balaban J connectivity index is 3.11. The molecule has 0 radical (unpaired) electrons. The summed E-state index contributed by atoms with van der Waals surface area (Å²) in [7, 11) is 0. The van der Waals surface area contributed by atoms with Crippen LogP contribution in [0.2, 0.25) is 0 Å². The Morgan fingerprint density at radius 2 is 1.60 bits per heavy atom. The number of carbonyl (C=O) groups excluding carboxylic acids is 1. The fraction of sp³-hybridized carbons (Fsp3) is 0.727. The summed E-state index contributed by atoms with van der Waals surface area (Å²) in [5.41, 5.74) is 0.404. The van der Waals surface area contributed by atoms with Gasteiger partial charge in [0.1, 0.15) is 6.61 Å². The molecule has 0 atom stereocenters. The first kappa shape index (κ1) is 14.1. The van der Waals surface area contributed by atoms with E-state index in [1.165, 1.54) is 0 Å². The van der Waals surface area contributed by atoms with Gasteiger partial charge in [-0.2, -0.15) is 0 Å². The van der Waals surface area contributed by atoms with Crippen molar-refractivity contribution in [3.8, 4) is 0 Å². The Bertz CT molecular complexity index is 189. The summed E-state index contributed by atoms with van der Waals surface area (Å²) in [6.45, 7) is 9.67. The number of esters is 1. The molecule has 0 spiro atoms. The molecule has 4 heteroatoms. The normalized spacial score (nSPS) is 10.0. The Labute approximate surface area is 91.2 Å². The van der Waals surface area contributed by atoms with Crippen LogP contribution in [0.15, 0.2) is 12.2 Å². The minimum Gasteiger partial charge on any atom is -0.460 e. The van der Waals surface area contributed by atoms with Crippen molar-refractivity contribution in [2.75, 3.05) is 33.0 Å². The Morgan fingerprint density at radius 1 is 1.07 bits per heavy atom. The van der Waals surface area contributed by atoms with E-state index in [9.17, 15) is 4.79 Å². The summed E-state index contributed by atoms with van der Waals surface area (Å²) in [5.74, 6) is -0.374. The van der Waals surface area contributed by atoms with Crippen LogP contribution in [0.25, 0.3) is 0 Å². The summed E-state index contributed by atoms with van der Waals surface area (Å²) in [6, 6.07) is 0. The summed E-state index contributed by atoms with van der Waals surface area (Å²) in [5, 5.41) is 0. The topological polar surface area (TPSA) is 44.8 Å². The molecule has 4 nitrogen and oxygen atoms in total. The Hall–Kier alpha value is -0.870. The van der Waals surface area contributed by atoms with Gasteiger partial charge in [0.15, 0.2) is 0 Å². The lowest BCUT2D eigenvalue weighted by molar-refractivity contribution is -0.140.